The second kappa shape index (κ2) is 6.34. The smallest absolute Gasteiger partial charge is 0.269 e. The van der Waals surface area contributed by atoms with Crippen LogP contribution in [0.25, 0.3) is 10.8 Å². The molecule has 104 valence electrons. The van der Waals surface area contributed by atoms with E-state index in [1.54, 1.807) is 13.1 Å². The Morgan fingerprint density at radius 3 is 2.80 bits per heavy atom. The van der Waals surface area contributed by atoms with Gasteiger partial charge in [-0.3, -0.25) is 9.59 Å². The Hall–Kier alpha value is -2.14. The minimum absolute atomic E-state index is 0.130. The molecule has 6 heteroatoms. The topological polar surface area (TPSA) is 71.1 Å². The molecule has 1 aromatic heterocycles. The number of nitrogens with one attached hydrogen (secondary N) is 2. The van der Waals surface area contributed by atoms with Crippen molar-refractivity contribution in [2.45, 2.75) is 6.42 Å². The van der Waals surface area contributed by atoms with Gasteiger partial charge < -0.3 is 10.6 Å². The van der Waals surface area contributed by atoms with E-state index >= 15 is 0 Å². The predicted molar refractivity (Wildman–Crippen MR) is 77.8 cm³/mol. The predicted octanol–water partition coefficient (Wildman–Crippen LogP) is 1.75. The molecule has 1 heterocycles. The van der Waals surface area contributed by atoms with Crippen LogP contribution >= 0.6 is 11.6 Å². The summed E-state index contributed by atoms with van der Waals surface area (Å²) in [6.07, 6.45) is 0.226. The lowest BCUT2D eigenvalue weighted by molar-refractivity contribution is -0.120. The molecule has 0 radical (unpaired) electrons. The summed E-state index contributed by atoms with van der Waals surface area (Å²) < 4.78 is 0. The van der Waals surface area contributed by atoms with Gasteiger partial charge in [-0.05, 0) is 11.5 Å². The summed E-state index contributed by atoms with van der Waals surface area (Å²) in [7, 11) is 1.55. The van der Waals surface area contributed by atoms with Crippen molar-refractivity contribution in [1.82, 2.24) is 15.6 Å². The van der Waals surface area contributed by atoms with Crippen LogP contribution in [0.4, 0.5) is 0 Å². The van der Waals surface area contributed by atoms with E-state index in [-0.39, 0.29) is 30.5 Å². The van der Waals surface area contributed by atoms with Crippen LogP contribution < -0.4 is 10.6 Å². The van der Waals surface area contributed by atoms with E-state index in [9.17, 15) is 9.59 Å². The van der Waals surface area contributed by atoms with E-state index in [1.165, 1.54) is 0 Å². The van der Waals surface area contributed by atoms with Crippen LogP contribution in [0.2, 0.25) is 5.15 Å². The van der Waals surface area contributed by atoms with Crippen molar-refractivity contribution in [1.29, 1.82) is 0 Å². The van der Waals surface area contributed by atoms with E-state index in [0.717, 1.165) is 10.8 Å². The molecule has 0 unspecified atom stereocenters. The highest BCUT2D eigenvalue weighted by Crippen LogP contribution is 2.22. The van der Waals surface area contributed by atoms with Crippen molar-refractivity contribution in [2.75, 3.05) is 13.6 Å². The number of fused-ring (bicyclic) bond motifs is 1. The van der Waals surface area contributed by atoms with Gasteiger partial charge in [0.2, 0.25) is 5.91 Å². The Balaban J connectivity index is 2.12. The van der Waals surface area contributed by atoms with Crippen LogP contribution in [0.1, 0.15) is 16.9 Å². The molecule has 0 saturated carbocycles. The second-order valence-electron chi connectivity index (χ2n) is 4.20. The number of pyridine rings is 1. The largest absolute Gasteiger partial charge is 0.359 e. The summed E-state index contributed by atoms with van der Waals surface area (Å²) >= 11 is 6.06. The van der Waals surface area contributed by atoms with Gasteiger partial charge in [0.15, 0.2) is 0 Å². The molecule has 2 aromatic rings. The summed E-state index contributed by atoms with van der Waals surface area (Å²) in [6.45, 7) is 0.255. The first-order chi connectivity index (χ1) is 9.61. The summed E-state index contributed by atoms with van der Waals surface area (Å²) in [5.41, 5.74) is 0.241. The number of amides is 2. The van der Waals surface area contributed by atoms with Gasteiger partial charge in [0.1, 0.15) is 10.8 Å². The Morgan fingerprint density at radius 2 is 2.05 bits per heavy atom. The molecule has 2 rings (SSSR count). The molecule has 0 fully saturated rings. The molecule has 0 saturated heterocycles. The molecule has 5 nitrogen and oxygen atoms in total. The summed E-state index contributed by atoms with van der Waals surface area (Å²) in [5.74, 6) is -0.476. The Morgan fingerprint density at radius 1 is 1.30 bits per heavy atom. The average Bonchev–Trinajstić information content (AvgIpc) is 2.46. The minimum atomic E-state index is -0.346. The van der Waals surface area contributed by atoms with Gasteiger partial charge in [-0.2, -0.15) is 0 Å². The fourth-order valence-corrected chi connectivity index (χ4v) is 2.04. The van der Waals surface area contributed by atoms with Crippen molar-refractivity contribution >= 4 is 34.2 Å². The zero-order valence-electron chi connectivity index (χ0n) is 10.9. The Kier molecular flexibility index (Phi) is 4.53. The SMILES string of the molecule is CNC(=O)CCNC(=O)c1cc2ccccc2c(Cl)n1. The van der Waals surface area contributed by atoms with Gasteiger partial charge in [-0.15, -0.1) is 0 Å². The van der Waals surface area contributed by atoms with Gasteiger partial charge in [-0.25, -0.2) is 4.98 Å². The number of carbonyl (C=O) groups is 2. The van der Waals surface area contributed by atoms with Crippen molar-refractivity contribution in [3.8, 4) is 0 Å². The fourth-order valence-electron chi connectivity index (χ4n) is 1.78. The van der Waals surface area contributed by atoms with Crippen LogP contribution in [-0.4, -0.2) is 30.4 Å². The molecule has 0 aliphatic carbocycles. The number of hydrogen-bond donors (Lipinski definition) is 2. The molecule has 2 N–H and O–H groups in total. The molecule has 0 spiro atoms. The second-order valence-corrected chi connectivity index (χ2v) is 4.56. The quantitative estimate of drug-likeness (QED) is 0.843. The molecule has 0 aliphatic rings. The zero-order valence-corrected chi connectivity index (χ0v) is 11.7. The normalized spacial score (nSPS) is 10.3. The molecule has 2 amide bonds. The van der Waals surface area contributed by atoms with E-state index in [4.69, 9.17) is 11.6 Å². The van der Waals surface area contributed by atoms with E-state index < -0.39 is 0 Å². The van der Waals surface area contributed by atoms with E-state index in [0.29, 0.717) is 5.15 Å². The van der Waals surface area contributed by atoms with Crippen LogP contribution in [0.3, 0.4) is 0 Å². The van der Waals surface area contributed by atoms with Gasteiger partial charge in [0.25, 0.3) is 5.91 Å². The molecule has 0 aliphatic heterocycles. The van der Waals surface area contributed by atoms with Crippen LogP contribution in [0.15, 0.2) is 30.3 Å². The number of aromatic nitrogens is 1. The number of carbonyl (C=O) groups excluding carboxylic acids is 2. The lowest BCUT2D eigenvalue weighted by Gasteiger charge is -2.06. The van der Waals surface area contributed by atoms with Crippen LogP contribution in [0.5, 0.6) is 0 Å². The first-order valence-electron chi connectivity index (χ1n) is 6.16. The van der Waals surface area contributed by atoms with E-state index in [2.05, 4.69) is 15.6 Å². The van der Waals surface area contributed by atoms with Gasteiger partial charge in [-0.1, -0.05) is 35.9 Å². The number of nitrogens with zero attached hydrogens (tertiary/aromatic N) is 1. The van der Waals surface area contributed by atoms with Crippen molar-refractivity contribution in [2.24, 2.45) is 0 Å². The molecule has 20 heavy (non-hydrogen) atoms. The van der Waals surface area contributed by atoms with Crippen molar-refractivity contribution in [3.63, 3.8) is 0 Å². The highest BCUT2D eigenvalue weighted by atomic mass is 35.5. The lowest BCUT2D eigenvalue weighted by atomic mass is 10.1. The molecule has 0 atom stereocenters. The third-order valence-electron chi connectivity index (χ3n) is 2.84. The van der Waals surface area contributed by atoms with Gasteiger partial charge in [0, 0.05) is 25.4 Å². The number of benzene rings is 1. The fraction of sp³-hybridized carbons (Fsp3) is 0.214. The molecule has 1 aromatic carbocycles. The maximum Gasteiger partial charge on any atom is 0.269 e. The lowest BCUT2D eigenvalue weighted by Crippen LogP contribution is -2.29. The highest BCUT2D eigenvalue weighted by Gasteiger charge is 2.11. The number of hydrogen-bond acceptors (Lipinski definition) is 3. The first kappa shape index (κ1) is 14.3. The van der Waals surface area contributed by atoms with Crippen LogP contribution in [-0.2, 0) is 4.79 Å². The van der Waals surface area contributed by atoms with E-state index in [1.807, 2.05) is 24.3 Å². The number of halogens is 1. The van der Waals surface area contributed by atoms with Crippen molar-refractivity contribution < 1.29 is 9.59 Å². The first-order valence-corrected chi connectivity index (χ1v) is 6.53. The minimum Gasteiger partial charge on any atom is -0.359 e. The standard InChI is InChI=1S/C14H14ClN3O2/c1-16-12(19)6-7-17-14(20)11-8-9-4-2-3-5-10(9)13(15)18-11/h2-5,8H,6-7H2,1H3,(H,16,19)(H,17,20). The van der Waals surface area contributed by atoms with Gasteiger partial charge >= 0.3 is 0 Å². The third kappa shape index (κ3) is 3.24. The van der Waals surface area contributed by atoms with Crippen LogP contribution in [0, 0.1) is 0 Å². The molecular weight excluding hydrogens is 278 g/mol. The number of rotatable bonds is 4. The molecule has 0 bridgehead atoms. The summed E-state index contributed by atoms with van der Waals surface area (Å²) in [4.78, 5) is 27.1. The Labute approximate surface area is 121 Å². The summed E-state index contributed by atoms with van der Waals surface area (Å²) in [5, 5.41) is 7.06. The monoisotopic (exact) mass is 291 g/mol. The highest BCUT2D eigenvalue weighted by molar-refractivity contribution is 6.34. The summed E-state index contributed by atoms with van der Waals surface area (Å²) in [6, 6.07) is 9.11. The Bertz CT molecular complexity index is 658. The average molecular weight is 292 g/mol. The third-order valence-corrected chi connectivity index (χ3v) is 3.13. The maximum atomic E-state index is 11.9. The van der Waals surface area contributed by atoms with Gasteiger partial charge in [0.05, 0.1) is 0 Å². The maximum absolute atomic E-state index is 11.9. The zero-order chi connectivity index (χ0) is 14.5. The van der Waals surface area contributed by atoms with Crippen molar-refractivity contribution in [3.05, 3.63) is 41.2 Å². The molecular formula is C14H14ClN3O2.